The number of ether oxygens (including phenoxy) is 1. The van der Waals surface area contributed by atoms with Crippen LogP contribution in [-0.2, 0) is 0 Å². The Hall–Kier alpha value is -2.93. The summed E-state index contributed by atoms with van der Waals surface area (Å²) in [6, 6.07) is 10.3. The van der Waals surface area contributed by atoms with Crippen molar-refractivity contribution in [3.8, 4) is 17.1 Å². The molecule has 2 N–H and O–H groups in total. The molecule has 0 saturated heterocycles. The van der Waals surface area contributed by atoms with Crippen molar-refractivity contribution in [2.45, 2.75) is 6.92 Å². The molecule has 0 aliphatic heterocycles. The molecule has 122 valence electrons. The van der Waals surface area contributed by atoms with Gasteiger partial charge in [0.1, 0.15) is 5.75 Å². The first-order valence-corrected chi connectivity index (χ1v) is 7.45. The number of H-pyrrole nitrogens is 1. The first kappa shape index (κ1) is 15.9. The maximum Gasteiger partial charge on any atom is 0.255 e. The lowest BCUT2D eigenvalue weighted by atomic mass is 10.1. The third-order valence-corrected chi connectivity index (χ3v) is 3.89. The molecule has 0 radical (unpaired) electrons. The van der Waals surface area contributed by atoms with Crippen molar-refractivity contribution >= 4 is 23.2 Å². The second kappa shape index (κ2) is 6.67. The molecule has 1 amide bonds. The van der Waals surface area contributed by atoms with E-state index in [9.17, 15) is 4.79 Å². The van der Waals surface area contributed by atoms with Crippen LogP contribution in [0.2, 0.25) is 5.02 Å². The van der Waals surface area contributed by atoms with Crippen LogP contribution in [0.4, 0.5) is 5.69 Å². The van der Waals surface area contributed by atoms with E-state index in [0.717, 1.165) is 11.1 Å². The molecule has 0 atom stereocenters. The molecular formula is C16H14ClN5O2. The number of halogens is 1. The first-order chi connectivity index (χ1) is 11.6. The van der Waals surface area contributed by atoms with Crippen molar-refractivity contribution in [2.75, 3.05) is 12.4 Å². The number of rotatable bonds is 4. The largest absolute Gasteiger partial charge is 0.495 e. The van der Waals surface area contributed by atoms with Crippen LogP contribution >= 0.6 is 11.6 Å². The van der Waals surface area contributed by atoms with Crippen molar-refractivity contribution in [3.63, 3.8) is 0 Å². The number of aromatic nitrogens is 4. The monoisotopic (exact) mass is 343 g/mol. The number of nitrogens with one attached hydrogen (secondary N) is 2. The molecule has 0 fully saturated rings. The van der Waals surface area contributed by atoms with Crippen LogP contribution in [0.1, 0.15) is 15.9 Å². The lowest BCUT2D eigenvalue weighted by molar-refractivity contribution is 0.102. The molecule has 24 heavy (non-hydrogen) atoms. The Morgan fingerprint density at radius 1 is 1.25 bits per heavy atom. The number of aromatic amines is 1. The van der Waals surface area contributed by atoms with Crippen LogP contribution in [0, 0.1) is 6.92 Å². The number of hydrogen-bond donors (Lipinski definition) is 2. The minimum Gasteiger partial charge on any atom is -0.495 e. The van der Waals surface area contributed by atoms with Crippen LogP contribution in [0.25, 0.3) is 11.4 Å². The van der Waals surface area contributed by atoms with Gasteiger partial charge < -0.3 is 10.1 Å². The van der Waals surface area contributed by atoms with E-state index in [1.54, 1.807) is 36.4 Å². The van der Waals surface area contributed by atoms with Gasteiger partial charge in [-0.2, -0.15) is 5.21 Å². The van der Waals surface area contributed by atoms with Crippen molar-refractivity contribution < 1.29 is 9.53 Å². The van der Waals surface area contributed by atoms with Crippen molar-refractivity contribution in [1.82, 2.24) is 20.6 Å². The summed E-state index contributed by atoms with van der Waals surface area (Å²) in [5.74, 6) is 0.717. The minimum absolute atomic E-state index is 0.255. The lowest BCUT2D eigenvalue weighted by Crippen LogP contribution is -2.12. The number of carbonyl (C=O) groups is 1. The molecule has 7 nitrogen and oxygen atoms in total. The molecule has 3 aromatic rings. The molecule has 3 rings (SSSR count). The molecule has 0 spiro atoms. The topological polar surface area (TPSA) is 92.8 Å². The van der Waals surface area contributed by atoms with E-state index < -0.39 is 0 Å². The van der Waals surface area contributed by atoms with Gasteiger partial charge in [-0.15, -0.1) is 10.2 Å². The summed E-state index contributed by atoms with van der Waals surface area (Å²) in [4.78, 5) is 12.4. The zero-order valence-electron chi connectivity index (χ0n) is 13.0. The number of aryl methyl sites for hydroxylation is 1. The molecule has 0 bridgehead atoms. The summed E-state index contributed by atoms with van der Waals surface area (Å²) in [5, 5.41) is 17.1. The molecule has 8 heteroatoms. The summed E-state index contributed by atoms with van der Waals surface area (Å²) >= 11 is 6.07. The van der Waals surface area contributed by atoms with E-state index in [-0.39, 0.29) is 5.91 Å². The summed E-state index contributed by atoms with van der Waals surface area (Å²) < 4.78 is 5.26. The number of methoxy groups -OCH3 is 1. The summed E-state index contributed by atoms with van der Waals surface area (Å²) in [6.45, 7) is 1.86. The van der Waals surface area contributed by atoms with Crippen LogP contribution in [0.15, 0.2) is 36.4 Å². The van der Waals surface area contributed by atoms with Gasteiger partial charge in [-0.25, -0.2) is 0 Å². The standard InChI is InChI=1S/C16H14ClN5O2/c1-9-7-13(14(24-2)8-12(9)17)18-16(23)11-5-3-10(4-6-11)15-19-21-22-20-15/h3-8H,1-2H3,(H,18,23)(H,19,20,21,22). The summed E-state index contributed by atoms with van der Waals surface area (Å²) in [7, 11) is 1.52. The predicted molar refractivity (Wildman–Crippen MR) is 90.3 cm³/mol. The highest BCUT2D eigenvalue weighted by atomic mass is 35.5. The smallest absolute Gasteiger partial charge is 0.255 e. The second-order valence-electron chi connectivity index (χ2n) is 5.07. The predicted octanol–water partition coefficient (Wildman–Crippen LogP) is 3.09. The molecule has 0 unspecified atom stereocenters. The molecule has 0 saturated carbocycles. The van der Waals surface area contributed by atoms with E-state index in [2.05, 4.69) is 25.9 Å². The van der Waals surface area contributed by atoms with Gasteiger partial charge in [0.25, 0.3) is 5.91 Å². The SMILES string of the molecule is COc1cc(Cl)c(C)cc1NC(=O)c1ccc(-c2nn[nH]n2)cc1. The van der Waals surface area contributed by atoms with Gasteiger partial charge in [0.2, 0.25) is 5.82 Å². The van der Waals surface area contributed by atoms with Crippen LogP contribution in [0.3, 0.4) is 0 Å². The average Bonchev–Trinajstić information content (AvgIpc) is 3.12. The number of nitrogens with zero attached hydrogens (tertiary/aromatic N) is 3. The van der Waals surface area contributed by atoms with Crippen LogP contribution in [0.5, 0.6) is 5.75 Å². The Labute approximate surface area is 143 Å². The maximum absolute atomic E-state index is 12.4. The highest BCUT2D eigenvalue weighted by Crippen LogP contribution is 2.31. The number of amides is 1. The van der Waals surface area contributed by atoms with Gasteiger partial charge >= 0.3 is 0 Å². The molecule has 0 aliphatic carbocycles. The molecule has 2 aromatic carbocycles. The quantitative estimate of drug-likeness (QED) is 0.759. The average molecular weight is 344 g/mol. The van der Waals surface area contributed by atoms with E-state index in [0.29, 0.717) is 27.8 Å². The molecule has 0 aliphatic rings. The van der Waals surface area contributed by atoms with Gasteiger partial charge in [0, 0.05) is 22.2 Å². The Balaban J connectivity index is 1.81. The zero-order valence-corrected chi connectivity index (χ0v) is 13.8. The second-order valence-corrected chi connectivity index (χ2v) is 5.48. The van der Waals surface area contributed by atoms with Crippen molar-refractivity contribution in [1.29, 1.82) is 0 Å². The summed E-state index contributed by atoms with van der Waals surface area (Å²) in [6.07, 6.45) is 0. The third-order valence-electron chi connectivity index (χ3n) is 3.48. The van der Waals surface area contributed by atoms with Gasteiger partial charge in [-0.05, 0) is 35.9 Å². The molecular weight excluding hydrogens is 330 g/mol. The molecule has 1 aromatic heterocycles. The number of anilines is 1. The van der Waals surface area contributed by atoms with E-state index in [4.69, 9.17) is 16.3 Å². The third kappa shape index (κ3) is 3.21. The summed E-state index contributed by atoms with van der Waals surface area (Å²) in [5.41, 5.74) is 2.67. The van der Waals surface area contributed by atoms with Gasteiger partial charge in [-0.1, -0.05) is 23.7 Å². The van der Waals surface area contributed by atoms with Crippen LogP contribution < -0.4 is 10.1 Å². The normalized spacial score (nSPS) is 10.5. The van der Waals surface area contributed by atoms with E-state index in [1.807, 2.05) is 6.92 Å². The fourth-order valence-corrected chi connectivity index (χ4v) is 2.33. The van der Waals surface area contributed by atoms with E-state index >= 15 is 0 Å². The van der Waals surface area contributed by atoms with Gasteiger partial charge in [0.15, 0.2) is 0 Å². The Kier molecular flexibility index (Phi) is 4.43. The van der Waals surface area contributed by atoms with E-state index in [1.165, 1.54) is 7.11 Å². The Morgan fingerprint density at radius 2 is 2.00 bits per heavy atom. The molecule has 1 heterocycles. The van der Waals surface area contributed by atoms with Crippen molar-refractivity contribution in [2.24, 2.45) is 0 Å². The van der Waals surface area contributed by atoms with Gasteiger partial charge in [0.05, 0.1) is 12.8 Å². The number of tetrazole rings is 1. The number of carbonyl (C=O) groups excluding carboxylic acids is 1. The van der Waals surface area contributed by atoms with Crippen LogP contribution in [-0.4, -0.2) is 33.6 Å². The first-order valence-electron chi connectivity index (χ1n) is 7.08. The number of benzene rings is 2. The van der Waals surface area contributed by atoms with Gasteiger partial charge in [-0.3, -0.25) is 4.79 Å². The lowest BCUT2D eigenvalue weighted by Gasteiger charge is -2.12. The Bertz CT molecular complexity index is 863. The van der Waals surface area contributed by atoms with Crippen molar-refractivity contribution in [3.05, 3.63) is 52.5 Å². The fourth-order valence-electron chi connectivity index (χ4n) is 2.18. The Morgan fingerprint density at radius 3 is 2.62 bits per heavy atom. The highest BCUT2D eigenvalue weighted by molar-refractivity contribution is 6.31. The fraction of sp³-hybridized carbons (Fsp3) is 0.125. The highest BCUT2D eigenvalue weighted by Gasteiger charge is 2.12. The minimum atomic E-state index is -0.255. The number of hydrogen-bond acceptors (Lipinski definition) is 5. The zero-order chi connectivity index (χ0) is 17.1. The maximum atomic E-state index is 12.4.